The monoisotopic (exact) mass is 561 g/mol. The first-order valence-electron chi connectivity index (χ1n) is 15.7. The summed E-state index contributed by atoms with van der Waals surface area (Å²) < 4.78 is 0. The van der Waals surface area contributed by atoms with Crippen LogP contribution in [0.25, 0.3) is 22.3 Å². The lowest BCUT2D eigenvalue weighted by atomic mass is 9.59. The highest BCUT2D eigenvalue weighted by molar-refractivity contribution is 5.95. The van der Waals surface area contributed by atoms with Crippen LogP contribution in [0.4, 0.5) is 17.1 Å². The van der Waals surface area contributed by atoms with Crippen molar-refractivity contribution in [1.82, 2.24) is 0 Å². The Labute approximate surface area is 258 Å². The minimum Gasteiger partial charge on any atom is -0.310 e. The standard InChI is InChI=1S/C42H43N/c1-39(2)34-20-15-21-37(43(30-16-11-9-12-17-30)31-18-13-10-14-19-31)38(34)32-24-22-28(26-35(32)39)29-23-25-33-36(27-29)41(5,6)42(7,8)40(33,3)4/h9-27H,1-8H3. The molecule has 216 valence electrons. The summed E-state index contributed by atoms with van der Waals surface area (Å²) in [7, 11) is 0. The summed E-state index contributed by atoms with van der Waals surface area (Å²) in [4.78, 5) is 2.41. The number of para-hydroxylation sites is 2. The average Bonchev–Trinajstić information content (AvgIpc) is 3.29. The van der Waals surface area contributed by atoms with Gasteiger partial charge < -0.3 is 4.90 Å². The van der Waals surface area contributed by atoms with E-state index in [2.05, 4.69) is 176 Å². The summed E-state index contributed by atoms with van der Waals surface area (Å²) in [5.41, 5.74) is 14.8. The van der Waals surface area contributed by atoms with Gasteiger partial charge in [-0.3, -0.25) is 0 Å². The largest absolute Gasteiger partial charge is 0.310 e. The molecule has 1 nitrogen and oxygen atoms in total. The van der Waals surface area contributed by atoms with E-state index in [1.807, 2.05) is 0 Å². The molecule has 0 amide bonds. The van der Waals surface area contributed by atoms with Gasteiger partial charge in [-0.2, -0.15) is 0 Å². The summed E-state index contributed by atoms with van der Waals surface area (Å²) >= 11 is 0. The van der Waals surface area contributed by atoms with E-state index in [0.717, 1.165) is 11.4 Å². The fraction of sp³-hybridized carbons (Fsp3) is 0.286. The predicted octanol–water partition coefficient (Wildman–Crippen LogP) is 11.7. The van der Waals surface area contributed by atoms with Crippen molar-refractivity contribution in [3.8, 4) is 22.3 Å². The van der Waals surface area contributed by atoms with Crippen LogP contribution in [0.2, 0.25) is 0 Å². The fourth-order valence-electron chi connectivity index (χ4n) is 7.96. The second-order valence-electron chi connectivity index (χ2n) is 14.7. The number of rotatable bonds is 4. The highest BCUT2D eigenvalue weighted by Gasteiger charge is 2.56. The number of hydrogen-bond acceptors (Lipinski definition) is 1. The van der Waals surface area contributed by atoms with E-state index < -0.39 is 0 Å². The molecule has 0 radical (unpaired) electrons. The first-order chi connectivity index (χ1) is 20.4. The molecule has 43 heavy (non-hydrogen) atoms. The smallest absolute Gasteiger partial charge is 0.0543 e. The van der Waals surface area contributed by atoms with E-state index in [0.29, 0.717) is 0 Å². The lowest BCUT2D eigenvalue weighted by Crippen LogP contribution is -2.42. The van der Waals surface area contributed by atoms with Gasteiger partial charge in [0, 0.05) is 22.4 Å². The zero-order valence-corrected chi connectivity index (χ0v) is 26.9. The zero-order valence-electron chi connectivity index (χ0n) is 26.9. The molecule has 0 aliphatic heterocycles. The molecule has 0 heterocycles. The van der Waals surface area contributed by atoms with Gasteiger partial charge in [-0.05, 0) is 91.6 Å². The van der Waals surface area contributed by atoms with Crippen LogP contribution in [-0.4, -0.2) is 0 Å². The maximum absolute atomic E-state index is 2.49. The van der Waals surface area contributed by atoms with Crippen molar-refractivity contribution in [2.75, 3.05) is 4.90 Å². The van der Waals surface area contributed by atoms with Gasteiger partial charge in [0.25, 0.3) is 0 Å². The first-order valence-corrected chi connectivity index (χ1v) is 15.7. The van der Waals surface area contributed by atoms with Crippen LogP contribution in [0.1, 0.15) is 77.6 Å². The van der Waals surface area contributed by atoms with E-state index >= 15 is 0 Å². The Bertz CT molecular complexity index is 1820. The molecule has 2 aliphatic carbocycles. The molecule has 0 atom stereocenters. The van der Waals surface area contributed by atoms with Gasteiger partial charge in [-0.25, -0.2) is 0 Å². The topological polar surface area (TPSA) is 3.24 Å². The van der Waals surface area contributed by atoms with Gasteiger partial charge in [-0.1, -0.05) is 134 Å². The van der Waals surface area contributed by atoms with Crippen LogP contribution < -0.4 is 4.90 Å². The quantitative estimate of drug-likeness (QED) is 0.211. The second kappa shape index (κ2) is 9.20. The summed E-state index contributed by atoms with van der Waals surface area (Å²) in [6.45, 7) is 19.3. The Kier molecular flexibility index (Phi) is 5.93. The van der Waals surface area contributed by atoms with Gasteiger partial charge in [0.15, 0.2) is 0 Å². The van der Waals surface area contributed by atoms with Gasteiger partial charge >= 0.3 is 0 Å². The molecule has 0 N–H and O–H groups in total. The number of anilines is 3. The van der Waals surface area contributed by atoms with E-state index in [-0.39, 0.29) is 21.7 Å². The number of fused-ring (bicyclic) bond motifs is 4. The van der Waals surface area contributed by atoms with E-state index in [4.69, 9.17) is 0 Å². The Hall–Kier alpha value is -4.10. The predicted molar refractivity (Wildman–Crippen MR) is 184 cm³/mol. The Balaban J connectivity index is 1.39. The fourth-order valence-corrected chi connectivity index (χ4v) is 7.96. The van der Waals surface area contributed by atoms with Crippen molar-refractivity contribution >= 4 is 17.1 Å². The molecule has 0 unspecified atom stereocenters. The molecule has 0 fully saturated rings. The Morgan fingerprint density at radius 1 is 0.442 bits per heavy atom. The van der Waals surface area contributed by atoms with Crippen LogP contribution in [0.3, 0.4) is 0 Å². The van der Waals surface area contributed by atoms with Crippen LogP contribution in [0.15, 0.2) is 115 Å². The second-order valence-corrected chi connectivity index (χ2v) is 14.7. The third-order valence-corrected chi connectivity index (χ3v) is 11.8. The molecular formula is C42H43N. The van der Waals surface area contributed by atoms with Gasteiger partial charge in [0.2, 0.25) is 0 Å². The molecule has 0 aromatic heterocycles. The minimum absolute atomic E-state index is 0.0846. The molecule has 0 saturated carbocycles. The highest BCUT2D eigenvalue weighted by Crippen LogP contribution is 2.62. The lowest BCUT2D eigenvalue weighted by Gasteiger charge is -2.44. The molecule has 2 aliphatic rings. The maximum Gasteiger partial charge on any atom is 0.0543 e. The molecular weight excluding hydrogens is 518 g/mol. The summed E-state index contributed by atoms with van der Waals surface area (Å²) in [6, 6.07) is 42.8. The SMILES string of the molecule is CC1(C)c2cc(-c3ccc4c(c3)C(C)(C)C(C)(C)C4(C)C)ccc2-c2c(N(c3ccccc3)c3ccccc3)cccc21. The maximum atomic E-state index is 2.49. The number of nitrogens with zero attached hydrogens (tertiary/aromatic N) is 1. The van der Waals surface area contributed by atoms with Crippen LogP contribution in [0, 0.1) is 5.41 Å². The third-order valence-electron chi connectivity index (χ3n) is 11.8. The summed E-state index contributed by atoms with van der Waals surface area (Å²) in [6.07, 6.45) is 0. The highest BCUT2D eigenvalue weighted by atomic mass is 15.1. The van der Waals surface area contributed by atoms with Gasteiger partial charge in [0.1, 0.15) is 0 Å². The van der Waals surface area contributed by atoms with Crippen LogP contribution in [-0.2, 0) is 16.2 Å². The van der Waals surface area contributed by atoms with Crippen molar-refractivity contribution in [1.29, 1.82) is 0 Å². The van der Waals surface area contributed by atoms with Crippen molar-refractivity contribution in [3.05, 3.63) is 138 Å². The average molecular weight is 562 g/mol. The molecule has 7 rings (SSSR count). The first kappa shape index (κ1) is 27.7. The lowest BCUT2D eigenvalue weighted by molar-refractivity contribution is 0.125. The van der Waals surface area contributed by atoms with Crippen LogP contribution >= 0.6 is 0 Å². The Morgan fingerprint density at radius 3 is 1.58 bits per heavy atom. The molecule has 0 saturated heterocycles. The molecule has 0 bridgehead atoms. The van der Waals surface area contributed by atoms with Crippen LogP contribution in [0.5, 0.6) is 0 Å². The number of benzene rings is 5. The van der Waals surface area contributed by atoms with Crippen molar-refractivity contribution in [3.63, 3.8) is 0 Å². The van der Waals surface area contributed by atoms with Crippen molar-refractivity contribution < 1.29 is 0 Å². The van der Waals surface area contributed by atoms with Gasteiger partial charge in [-0.15, -0.1) is 0 Å². The van der Waals surface area contributed by atoms with Gasteiger partial charge in [0.05, 0.1) is 5.69 Å². The Morgan fingerprint density at radius 2 is 0.977 bits per heavy atom. The number of hydrogen-bond donors (Lipinski definition) is 0. The van der Waals surface area contributed by atoms with Crippen molar-refractivity contribution in [2.45, 2.75) is 71.6 Å². The zero-order chi connectivity index (χ0) is 30.4. The molecule has 5 aromatic rings. The normalized spacial score (nSPS) is 18.0. The van der Waals surface area contributed by atoms with E-state index in [1.165, 1.54) is 50.2 Å². The third kappa shape index (κ3) is 3.77. The molecule has 5 aromatic carbocycles. The summed E-state index contributed by atoms with van der Waals surface area (Å²) in [5, 5.41) is 0. The minimum atomic E-state index is -0.115. The molecule has 1 heteroatoms. The molecule has 0 spiro atoms. The van der Waals surface area contributed by atoms with Crippen molar-refractivity contribution in [2.24, 2.45) is 5.41 Å². The van der Waals surface area contributed by atoms with E-state index in [9.17, 15) is 0 Å². The summed E-state index contributed by atoms with van der Waals surface area (Å²) in [5.74, 6) is 0. The van der Waals surface area contributed by atoms with E-state index in [1.54, 1.807) is 0 Å².